The Morgan fingerprint density at radius 2 is 2.16 bits per heavy atom. The number of rotatable bonds is 5. The first-order valence-electron chi connectivity index (χ1n) is 10.8. The second-order valence-corrected chi connectivity index (χ2v) is 9.76. The van der Waals surface area contributed by atoms with Crippen molar-refractivity contribution < 1.29 is 14.3 Å². The molecule has 2 aliphatic heterocycles. The van der Waals surface area contributed by atoms with Crippen molar-refractivity contribution in [2.75, 3.05) is 11.9 Å². The van der Waals surface area contributed by atoms with Crippen LogP contribution in [0.3, 0.4) is 0 Å². The molecule has 1 N–H and O–H groups in total. The van der Waals surface area contributed by atoms with E-state index in [1.54, 1.807) is 17.2 Å². The number of benzene rings is 1. The maximum absolute atomic E-state index is 13.4. The van der Waals surface area contributed by atoms with Crippen LogP contribution in [0.4, 0.5) is 5.13 Å². The highest BCUT2D eigenvalue weighted by Gasteiger charge is 2.42. The van der Waals surface area contributed by atoms with Crippen molar-refractivity contribution in [2.24, 2.45) is 5.92 Å². The molecule has 1 aromatic carbocycles. The third kappa shape index (κ3) is 4.08. The minimum Gasteiger partial charge on any atom is -0.450 e. The van der Waals surface area contributed by atoms with Crippen molar-refractivity contribution in [3.05, 3.63) is 51.7 Å². The van der Waals surface area contributed by atoms with Gasteiger partial charge in [0.25, 0.3) is 5.91 Å². The van der Waals surface area contributed by atoms with Gasteiger partial charge < -0.3 is 15.0 Å². The number of ether oxygens (including phenoxy) is 1. The van der Waals surface area contributed by atoms with E-state index >= 15 is 0 Å². The predicted molar refractivity (Wildman–Crippen MR) is 120 cm³/mol. The van der Waals surface area contributed by atoms with E-state index in [0.717, 1.165) is 24.0 Å². The van der Waals surface area contributed by atoms with Gasteiger partial charge in [-0.25, -0.2) is 4.98 Å². The molecule has 2 amide bonds. The first kappa shape index (κ1) is 20.5. The summed E-state index contributed by atoms with van der Waals surface area (Å²) < 4.78 is 5.97. The Balaban J connectivity index is 1.38. The van der Waals surface area contributed by atoms with Gasteiger partial charge in [-0.1, -0.05) is 55.8 Å². The van der Waals surface area contributed by atoms with E-state index in [-0.39, 0.29) is 11.8 Å². The van der Waals surface area contributed by atoms with E-state index < -0.39 is 6.04 Å². The summed E-state index contributed by atoms with van der Waals surface area (Å²) in [6, 6.07) is 5.06. The zero-order chi connectivity index (χ0) is 21.4. The molecule has 6 nitrogen and oxygen atoms in total. The number of fused-ring (bicyclic) bond motifs is 1. The van der Waals surface area contributed by atoms with Gasteiger partial charge in [0.05, 0.1) is 5.02 Å². The zero-order valence-corrected chi connectivity index (χ0v) is 18.7. The molecule has 1 atom stereocenters. The van der Waals surface area contributed by atoms with E-state index in [0.29, 0.717) is 47.0 Å². The molecule has 0 spiro atoms. The molecule has 1 unspecified atom stereocenters. The van der Waals surface area contributed by atoms with Crippen LogP contribution in [0, 0.1) is 5.92 Å². The van der Waals surface area contributed by atoms with Crippen LogP contribution >= 0.6 is 22.9 Å². The number of thiazole rings is 1. The molecule has 31 heavy (non-hydrogen) atoms. The number of nitrogens with one attached hydrogen (secondary N) is 1. The normalized spacial score (nSPS) is 19.6. The number of anilines is 1. The van der Waals surface area contributed by atoms with Crippen LogP contribution in [0.2, 0.25) is 5.02 Å². The van der Waals surface area contributed by atoms with Crippen molar-refractivity contribution in [1.29, 1.82) is 0 Å². The van der Waals surface area contributed by atoms with Gasteiger partial charge in [0.15, 0.2) is 10.9 Å². The molecule has 0 radical (unpaired) electrons. The SMILES string of the molecule is O=C(Nc1nccs1)C(CC1CCCCC1)N1CC2=C(Oc3c(Cl)cccc3C2)C1=O. The minimum absolute atomic E-state index is 0.177. The highest BCUT2D eigenvalue weighted by molar-refractivity contribution is 7.13. The Morgan fingerprint density at radius 3 is 2.94 bits per heavy atom. The maximum Gasteiger partial charge on any atom is 0.290 e. The van der Waals surface area contributed by atoms with E-state index in [1.807, 2.05) is 17.5 Å². The van der Waals surface area contributed by atoms with Crippen LogP contribution in [-0.2, 0) is 16.0 Å². The molecule has 0 bridgehead atoms. The van der Waals surface area contributed by atoms with E-state index in [9.17, 15) is 9.59 Å². The second-order valence-electron chi connectivity index (χ2n) is 8.45. The van der Waals surface area contributed by atoms with Crippen molar-refractivity contribution in [3.8, 4) is 5.75 Å². The summed E-state index contributed by atoms with van der Waals surface area (Å²) in [4.78, 5) is 32.5. The fourth-order valence-corrected chi connectivity index (χ4v) is 5.63. The Morgan fingerprint density at radius 1 is 1.32 bits per heavy atom. The van der Waals surface area contributed by atoms with Crippen LogP contribution in [0.5, 0.6) is 5.75 Å². The number of para-hydroxylation sites is 1. The van der Waals surface area contributed by atoms with Gasteiger partial charge in [-0.2, -0.15) is 0 Å². The Hall–Kier alpha value is -2.38. The summed E-state index contributed by atoms with van der Waals surface area (Å²) >= 11 is 7.67. The summed E-state index contributed by atoms with van der Waals surface area (Å²) in [7, 11) is 0. The van der Waals surface area contributed by atoms with Crippen molar-refractivity contribution >= 4 is 39.9 Å². The Kier molecular flexibility index (Phi) is 5.71. The lowest BCUT2D eigenvalue weighted by atomic mass is 9.84. The van der Waals surface area contributed by atoms with E-state index in [4.69, 9.17) is 16.3 Å². The molecule has 3 aliphatic rings. The molecule has 1 aliphatic carbocycles. The highest BCUT2D eigenvalue weighted by Crippen LogP contribution is 2.40. The molecule has 8 heteroatoms. The largest absolute Gasteiger partial charge is 0.450 e. The molecule has 3 heterocycles. The molecule has 5 rings (SSSR count). The molecule has 1 fully saturated rings. The molecular weight excluding hydrogens is 434 g/mol. The standard InChI is InChI=1S/C23H24ClN3O3S/c24-17-8-4-7-15-12-16-13-27(22(29)20(16)30-19(15)17)18(11-14-5-2-1-3-6-14)21(28)26-23-25-9-10-31-23/h4,7-10,14,18H,1-3,5-6,11-13H2,(H,25,26,28). The molecule has 162 valence electrons. The van der Waals surface area contributed by atoms with Crippen LogP contribution in [0.15, 0.2) is 41.1 Å². The number of nitrogens with zero attached hydrogens (tertiary/aromatic N) is 2. The Labute approximate surface area is 190 Å². The molecule has 1 aromatic heterocycles. The number of hydrogen-bond acceptors (Lipinski definition) is 5. The van der Waals surface area contributed by atoms with Gasteiger partial charge in [-0.3, -0.25) is 9.59 Å². The maximum atomic E-state index is 13.4. The molecule has 0 saturated heterocycles. The monoisotopic (exact) mass is 457 g/mol. The van der Waals surface area contributed by atoms with Gasteiger partial charge >= 0.3 is 0 Å². The summed E-state index contributed by atoms with van der Waals surface area (Å²) in [5.74, 6) is 0.921. The van der Waals surface area contributed by atoms with Gasteiger partial charge in [0.1, 0.15) is 11.8 Å². The smallest absolute Gasteiger partial charge is 0.290 e. The highest BCUT2D eigenvalue weighted by atomic mass is 35.5. The fraction of sp³-hybridized carbons (Fsp3) is 0.435. The summed E-state index contributed by atoms with van der Waals surface area (Å²) in [5.41, 5.74) is 1.88. The topological polar surface area (TPSA) is 71.5 Å². The van der Waals surface area contributed by atoms with Crippen LogP contribution in [0.1, 0.15) is 44.1 Å². The summed E-state index contributed by atoms with van der Waals surface area (Å²) in [5, 5.41) is 5.78. The lowest BCUT2D eigenvalue weighted by Crippen LogP contribution is -2.47. The van der Waals surface area contributed by atoms with E-state index in [1.165, 1.54) is 30.6 Å². The number of amides is 2. The third-order valence-corrected chi connectivity index (χ3v) is 7.40. The van der Waals surface area contributed by atoms with Crippen molar-refractivity contribution in [1.82, 2.24) is 9.88 Å². The summed E-state index contributed by atoms with van der Waals surface area (Å²) in [6.07, 6.45) is 8.76. The van der Waals surface area contributed by atoms with Crippen LogP contribution < -0.4 is 10.1 Å². The van der Waals surface area contributed by atoms with Crippen molar-refractivity contribution in [2.45, 2.75) is 51.0 Å². The van der Waals surface area contributed by atoms with E-state index in [2.05, 4.69) is 10.3 Å². The van der Waals surface area contributed by atoms with Gasteiger partial charge in [0, 0.05) is 35.7 Å². The fourth-order valence-electron chi connectivity index (χ4n) is 4.86. The molecular formula is C23H24ClN3O3S. The minimum atomic E-state index is -0.549. The number of aromatic nitrogens is 1. The average molecular weight is 458 g/mol. The predicted octanol–water partition coefficient (Wildman–Crippen LogP) is 4.81. The Bertz CT molecular complexity index is 1030. The zero-order valence-electron chi connectivity index (χ0n) is 17.1. The van der Waals surface area contributed by atoms with Crippen LogP contribution in [0.25, 0.3) is 0 Å². The van der Waals surface area contributed by atoms with Crippen LogP contribution in [-0.4, -0.2) is 34.3 Å². The number of carbonyl (C=O) groups excluding carboxylic acids is 2. The van der Waals surface area contributed by atoms with Crippen molar-refractivity contribution in [3.63, 3.8) is 0 Å². The number of hydrogen-bond donors (Lipinski definition) is 1. The molecule has 2 aromatic rings. The summed E-state index contributed by atoms with van der Waals surface area (Å²) in [6.45, 7) is 0.406. The first-order chi connectivity index (χ1) is 15.1. The first-order valence-corrected chi connectivity index (χ1v) is 12.0. The van der Waals surface area contributed by atoms with Gasteiger partial charge in [-0.05, 0) is 18.4 Å². The van der Waals surface area contributed by atoms with Gasteiger partial charge in [0.2, 0.25) is 5.91 Å². The average Bonchev–Trinajstić information content (AvgIpc) is 3.40. The molecule has 1 saturated carbocycles. The number of carbonyl (C=O) groups is 2. The third-order valence-electron chi connectivity index (χ3n) is 6.42. The second kappa shape index (κ2) is 8.63. The quantitative estimate of drug-likeness (QED) is 0.699. The lowest BCUT2D eigenvalue weighted by Gasteiger charge is -2.31. The number of halogens is 1. The van der Waals surface area contributed by atoms with Gasteiger partial charge in [-0.15, -0.1) is 11.3 Å². The lowest BCUT2D eigenvalue weighted by molar-refractivity contribution is -0.135.